The van der Waals surface area contributed by atoms with Crippen LogP contribution in [0.4, 0.5) is 0 Å². The second kappa shape index (κ2) is 8.43. The Kier molecular flexibility index (Phi) is 6.55. The first kappa shape index (κ1) is 15.5. The summed E-state index contributed by atoms with van der Waals surface area (Å²) in [6.45, 7) is 4.53. The van der Waals surface area contributed by atoms with E-state index in [4.69, 9.17) is 5.73 Å². The van der Waals surface area contributed by atoms with Crippen molar-refractivity contribution in [2.45, 2.75) is 70.5 Å². The van der Waals surface area contributed by atoms with Crippen LogP contribution in [0.3, 0.4) is 0 Å². The second-order valence-electron chi connectivity index (χ2n) is 6.18. The molecule has 1 aliphatic rings. The number of nitrogens with zero attached hydrogens (tertiary/aromatic N) is 1. The Bertz CT molecular complexity index is 363. The molecule has 20 heavy (non-hydrogen) atoms. The van der Waals surface area contributed by atoms with Crippen molar-refractivity contribution in [3.05, 3.63) is 35.9 Å². The van der Waals surface area contributed by atoms with Crippen LogP contribution >= 0.6 is 0 Å². The van der Waals surface area contributed by atoms with Gasteiger partial charge in [0.25, 0.3) is 0 Å². The van der Waals surface area contributed by atoms with E-state index in [9.17, 15) is 0 Å². The largest absolute Gasteiger partial charge is 0.326 e. The van der Waals surface area contributed by atoms with E-state index in [0.717, 1.165) is 6.54 Å². The fraction of sp³-hybridized carbons (Fsp3) is 0.667. The predicted molar refractivity (Wildman–Crippen MR) is 86.6 cm³/mol. The molecule has 1 saturated carbocycles. The molecule has 0 aromatic heterocycles. The lowest BCUT2D eigenvalue weighted by Crippen LogP contribution is -2.49. The van der Waals surface area contributed by atoms with E-state index in [2.05, 4.69) is 42.2 Å². The molecule has 1 aromatic rings. The SMILES string of the molecule is CCCCCN(Cc1ccccc1)[C@@H]1CCCC[C@H]1N. The molecule has 112 valence electrons. The van der Waals surface area contributed by atoms with E-state index < -0.39 is 0 Å². The van der Waals surface area contributed by atoms with Crippen molar-refractivity contribution < 1.29 is 0 Å². The third kappa shape index (κ3) is 4.60. The summed E-state index contributed by atoms with van der Waals surface area (Å²) in [6.07, 6.45) is 9.04. The summed E-state index contributed by atoms with van der Waals surface area (Å²) in [6, 6.07) is 11.8. The van der Waals surface area contributed by atoms with Crippen LogP contribution in [-0.2, 0) is 6.54 Å². The lowest BCUT2D eigenvalue weighted by atomic mass is 9.89. The summed E-state index contributed by atoms with van der Waals surface area (Å²) in [5.74, 6) is 0. The quantitative estimate of drug-likeness (QED) is 0.763. The van der Waals surface area contributed by atoms with Crippen molar-refractivity contribution in [2.75, 3.05) is 6.54 Å². The highest BCUT2D eigenvalue weighted by molar-refractivity contribution is 5.14. The Morgan fingerprint density at radius 2 is 1.85 bits per heavy atom. The van der Waals surface area contributed by atoms with Crippen molar-refractivity contribution in [3.8, 4) is 0 Å². The number of hydrogen-bond acceptors (Lipinski definition) is 2. The molecule has 2 atom stereocenters. The van der Waals surface area contributed by atoms with Gasteiger partial charge in [-0.1, -0.05) is 62.9 Å². The van der Waals surface area contributed by atoms with E-state index in [-0.39, 0.29) is 0 Å². The van der Waals surface area contributed by atoms with Crippen LogP contribution < -0.4 is 5.73 Å². The third-order valence-electron chi connectivity index (χ3n) is 4.53. The monoisotopic (exact) mass is 274 g/mol. The van der Waals surface area contributed by atoms with Crippen molar-refractivity contribution >= 4 is 0 Å². The van der Waals surface area contributed by atoms with Crippen LogP contribution in [0.1, 0.15) is 57.4 Å². The fourth-order valence-corrected chi connectivity index (χ4v) is 3.34. The zero-order chi connectivity index (χ0) is 14.2. The molecule has 0 bridgehead atoms. The Morgan fingerprint density at radius 3 is 2.55 bits per heavy atom. The van der Waals surface area contributed by atoms with Gasteiger partial charge in [0.05, 0.1) is 0 Å². The highest BCUT2D eigenvalue weighted by atomic mass is 15.2. The van der Waals surface area contributed by atoms with Crippen molar-refractivity contribution in [2.24, 2.45) is 5.73 Å². The molecule has 2 heteroatoms. The van der Waals surface area contributed by atoms with Gasteiger partial charge in [-0.15, -0.1) is 0 Å². The molecule has 1 fully saturated rings. The van der Waals surface area contributed by atoms with E-state index in [1.54, 1.807) is 0 Å². The van der Waals surface area contributed by atoms with Gasteiger partial charge in [-0.25, -0.2) is 0 Å². The molecule has 0 radical (unpaired) electrons. The van der Waals surface area contributed by atoms with E-state index in [0.29, 0.717) is 12.1 Å². The number of unbranched alkanes of at least 4 members (excludes halogenated alkanes) is 2. The minimum atomic E-state index is 0.370. The Balaban J connectivity index is 1.99. The Morgan fingerprint density at radius 1 is 1.10 bits per heavy atom. The average molecular weight is 274 g/mol. The zero-order valence-electron chi connectivity index (χ0n) is 12.9. The molecule has 2 N–H and O–H groups in total. The van der Waals surface area contributed by atoms with Gasteiger partial charge in [0.15, 0.2) is 0 Å². The third-order valence-corrected chi connectivity index (χ3v) is 4.53. The number of rotatable bonds is 7. The van der Waals surface area contributed by atoms with Gasteiger partial charge in [-0.2, -0.15) is 0 Å². The highest BCUT2D eigenvalue weighted by Gasteiger charge is 2.27. The minimum absolute atomic E-state index is 0.370. The predicted octanol–water partition coefficient (Wildman–Crippen LogP) is 3.95. The topological polar surface area (TPSA) is 29.3 Å². The number of nitrogens with two attached hydrogens (primary N) is 1. The maximum absolute atomic E-state index is 6.40. The maximum Gasteiger partial charge on any atom is 0.0250 e. The van der Waals surface area contributed by atoms with Gasteiger partial charge in [0, 0.05) is 18.6 Å². The molecule has 0 saturated heterocycles. The van der Waals surface area contributed by atoms with Crippen LogP contribution in [0.5, 0.6) is 0 Å². The molecule has 0 heterocycles. The zero-order valence-corrected chi connectivity index (χ0v) is 12.9. The molecule has 1 aliphatic carbocycles. The van der Waals surface area contributed by atoms with Crippen LogP contribution in [0, 0.1) is 0 Å². The number of hydrogen-bond donors (Lipinski definition) is 1. The molecule has 1 aromatic carbocycles. The van der Waals surface area contributed by atoms with Crippen molar-refractivity contribution in [3.63, 3.8) is 0 Å². The number of benzene rings is 1. The van der Waals surface area contributed by atoms with Gasteiger partial charge in [-0.3, -0.25) is 4.90 Å². The van der Waals surface area contributed by atoms with Crippen molar-refractivity contribution in [1.82, 2.24) is 4.90 Å². The van der Waals surface area contributed by atoms with Gasteiger partial charge in [-0.05, 0) is 31.4 Å². The van der Waals surface area contributed by atoms with Crippen LogP contribution in [0.25, 0.3) is 0 Å². The lowest BCUT2D eigenvalue weighted by Gasteiger charge is -2.38. The highest BCUT2D eigenvalue weighted by Crippen LogP contribution is 2.24. The Labute approximate surface area is 124 Å². The fourth-order valence-electron chi connectivity index (χ4n) is 3.34. The van der Waals surface area contributed by atoms with Crippen molar-refractivity contribution in [1.29, 1.82) is 0 Å². The standard InChI is InChI=1S/C18H30N2/c1-2-3-9-14-20(15-16-10-5-4-6-11-16)18-13-8-7-12-17(18)19/h4-6,10-11,17-18H,2-3,7-9,12-15,19H2,1H3/t17-,18-/m1/s1. The van der Waals surface area contributed by atoms with E-state index in [1.165, 1.54) is 57.1 Å². The van der Waals surface area contributed by atoms with Gasteiger partial charge in [0.1, 0.15) is 0 Å². The molecule has 2 rings (SSSR count). The average Bonchev–Trinajstić information content (AvgIpc) is 2.48. The van der Waals surface area contributed by atoms with E-state index >= 15 is 0 Å². The first-order valence-corrected chi connectivity index (χ1v) is 8.35. The van der Waals surface area contributed by atoms with Crippen LogP contribution in [-0.4, -0.2) is 23.5 Å². The first-order valence-electron chi connectivity index (χ1n) is 8.35. The Hall–Kier alpha value is -0.860. The molecule has 0 amide bonds. The first-order chi connectivity index (χ1) is 9.81. The summed E-state index contributed by atoms with van der Waals surface area (Å²) < 4.78 is 0. The molecule has 0 aliphatic heterocycles. The summed E-state index contributed by atoms with van der Waals surface area (Å²) in [5, 5.41) is 0. The van der Waals surface area contributed by atoms with Gasteiger partial charge < -0.3 is 5.73 Å². The van der Waals surface area contributed by atoms with E-state index in [1.807, 2.05) is 0 Å². The molecular weight excluding hydrogens is 244 g/mol. The molecule has 0 unspecified atom stereocenters. The minimum Gasteiger partial charge on any atom is -0.326 e. The molecular formula is C18H30N2. The van der Waals surface area contributed by atoms with Crippen LogP contribution in [0.2, 0.25) is 0 Å². The summed E-state index contributed by atoms with van der Waals surface area (Å²) in [7, 11) is 0. The van der Waals surface area contributed by atoms with Crippen LogP contribution in [0.15, 0.2) is 30.3 Å². The summed E-state index contributed by atoms with van der Waals surface area (Å²) in [5.41, 5.74) is 7.81. The lowest BCUT2D eigenvalue weighted by molar-refractivity contribution is 0.127. The smallest absolute Gasteiger partial charge is 0.0250 e. The van der Waals surface area contributed by atoms with Gasteiger partial charge in [0.2, 0.25) is 0 Å². The summed E-state index contributed by atoms with van der Waals surface area (Å²) in [4.78, 5) is 2.65. The second-order valence-corrected chi connectivity index (χ2v) is 6.18. The summed E-state index contributed by atoms with van der Waals surface area (Å²) >= 11 is 0. The maximum atomic E-state index is 6.40. The molecule has 0 spiro atoms. The normalized spacial score (nSPS) is 23.1. The van der Waals surface area contributed by atoms with Gasteiger partial charge >= 0.3 is 0 Å². The molecule has 2 nitrogen and oxygen atoms in total.